The summed E-state index contributed by atoms with van der Waals surface area (Å²) in [5, 5.41) is 0.467. The van der Waals surface area contributed by atoms with Crippen LogP contribution in [-0.2, 0) is 10.1 Å². The Morgan fingerprint density at radius 1 is 0.962 bits per heavy atom. The summed E-state index contributed by atoms with van der Waals surface area (Å²) >= 11 is 7.90. The van der Waals surface area contributed by atoms with Gasteiger partial charge < -0.3 is 8.61 Å². The fraction of sp³-hybridized carbons (Fsp3) is 0.333. The highest BCUT2D eigenvalue weighted by molar-refractivity contribution is 14.1. The van der Waals surface area contributed by atoms with Gasteiger partial charge in [-0.15, -0.1) is 0 Å². The lowest BCUT2D eigenvalue weighted by atomic mass is 10.3. The van der Waals surface area contributed by atoms with Gasteiger partial charge in [0.25, 0.3) is 8.32 Å². The van der Waals surface area contributed by atoms with Gasteiger partial charge >= 0.3 is 10.1 Å². The highest BCUT2D eigenvalue weighted by atomic mass is 127. The maximum absolute atomic E-state index is 12.5. The van der Waals surface area contributed by atoms with E-state index in [4.69, 9.17) is 20.2 Å². The van der Waals surface area contributed by atoms with Crippen LogP contribution in [0.5, 0.6) is 11.5 Å². The zero-order chi connectivity index (χ0) is 19.4. The molecular weight excluding hydrogens is 503 g/mol. The van der Waals surface area contributed by atoms with E-state index in [0.717, 1.165) is 18.1 Å². The van der Waals surface area contributed by atoms with Crippen molar-refractivity contribution in [2.45, 2.75) is 43.8 Å². The molecule has 0 amide bonds. The van der Waals surface area contributed by atoms with Crippen LogP contribution < -0.4 is 8.61 Å². The van der Waals surface area contributed by atoms with Crippen molar-refractivity contribution in [3.8, 4) is 11.5 Å². The van der Waals surface area contributed by atoms with Crippen LogP contribution in [0.3, 0.4) is 0 Å². The summed E-state index contributed by atoms with van der Waals surface area (Å²) in [7, 11) is -5.80. The molecule has 0 atom stereocenters. The molecule has 0 saturated carbocycles. The number of halogens is 2. The molecule has 0 aliphatic carbocycles. The molecule has 8 heteroatoms. The molecule has 0 bridgehead atoms. The predicted octanol–water partition coefficient (Wildman–Crippen LogP) is 6.10. The average molecular weight is 525 g/mol. The van der Waals surface area contributed by atoms with Crippen molar-refractivity contribution in [3.63, 3.8) is 0 Å². The van der Waals surface area contributed by atoms with Gasteiger partial charge in [0.1, 0.15) is 10.6 Å². The highest BCUT2D eigenvalue weighted by Gasteiger charge is 2.32. The van der Waals surface area contributed by atoms with E-state index in [1.165, 1.54) is 24.3 Å². The summed E-state index contributed by atoms with van der Waals surface area (Å²) in [6.45, 7) is 6.45. The van der Waals surface area contributed by atoms with E-state index in [0.29, 0.717) is 14.3 Å². The third-order valence-corrected chi connectivity index (χ3v) is 11.6. The molecule has 0 heterocycles. The molecule has 0 unspecified atom stereocenters. The van der Waals surface area contributed by atoms with Gasteiger partial charge in [0, 0.05) is 5.02 Å². The molecule has 2 rings (SSSR count). The number of hydrogen-bond acceptors (Lipinski definition) is 4. The second-order valence-electron chi connectivity index (χ2n) is 5.91. The summed E-state index contributed by atoms with van der Waals surface area (Å²) in [4.78, 5) is 0.0587. The SMILES string of the molecule is CC[Si](CC)(CC)Oc1cccc(OS(=O)(=O)c2ccc(Cl)cc2)c1I. The molecule has 142 valence electrons. The third-order valence-electron chi connectivity index (χ3n) is 4.49. The van der Waals surface area contributed by atoms with Crippen molar-refractivity contribution < 1.29 is 17.0 Å². The van der Waals surface area contributed by atoms with Crippen LogP contribution in [0.25, 0.3) is 0 Å². The average Bonchev–Trinajstić information content (AvgIpc) is 2.63. The summed E-state index contributed by atoms with van der Waals surface area (Å²) in [6, 6.07) is 14.2. The van der Waals surface area contributed by atoms with Gasteiger partial charge in [-0.05, 0) is 77.1 Å². The van der Waals surface area contributed by atoms with Gasteiger partial charge in [-0.2, -0.15) is 8.42 Å². The number of hydrogen-bond donors (Lipinski definition) is 0. The molecule has 0 saturated heterocycles. The van der Waals surface area contributed by atoms with Crippen LogP contribution in [0, 0.1) is 3.57 Å². The molecule has 0 fully saturated rings. The Bertz CT molecular complexity index is 844. The van der Waals surface area contributed by atoms with Crippen LogP contribution in [0.15, 0.2) is 47.4 Å². The normalized spacial score (nSPS) is 12.0. The van der Waals surface area contributed by atoms with Gasteiger partial charge in [0.2, 0.25) is 0 Å². The van der Waals surface area contributed by atoms with Crippen molar-refractivity contribution in [2.24, 2.45) is 0 Å². The number of rotatable bonds is 8. The molecule has 2 aromatic rings. The highest BCUT2D eigenvalue weighted by Crippen LogP contribution is 2.35. The molecule has 0 aromatic heterocycles. The Morgan fingerprint density at radius 2 is 1.50 bits per heavy atom. The largest absolute Gasteiger partial charge is 0.543 e. The number of benzene rings is 2. The van der Waals surface area contributed by atoms with Gasteiger partial charge in [-0.25, -0.2) is 0 Å². The molecule has 2 aromatic carbocycles. The maximum Gasteiger partial charge on any atom is 0.339 e. The fourth-order valence-corrected chi connectivity index (χ4v) is 7.17. The van der Waals surface area contributed by atoms with E-state index in [1.807, 2.05) is 6.07 Å². The van der Waals surface area contributed by atoms with E-state index < -0.39 is 18.4 Å². The Balaban J connectivity index is 2.33. The second-order valence-corrected chi connectivity index (χ2v) is 13.7. The topological polar surface area (TPSA) is 52.6 Å². The molecular formula is C18H22ClIO4SSi. The van der Waals surface area contributed by atoms with Crippen molar-refractivity contribution in [2.75, 3.05) is 0 Å². The van der Waals surface area contributed by atoms with E-state index in [2.05, 4.69) is 43.4 Å². The second kappa shape index (κ2) is 8.94. The van der Waals surface area contributed by atoms with Gasteiger partial charge in [-0.3, -0.25) is 0 Å². The summed E-state index contributed by atoms with van der Waals surface area (Å²) in [6.07, 6.45) is 0. The van der Waals surface area contributed by atoms with E-state index in [9.17, 15) is 8.42 Å². The molecule has 4 nitrogen and oxygen atoms in total. The summed E-state index contributed by atoms with van der Waals surface area (Å²) in [5.74, 6) is 0.955. The molecule has 0 spiro atoms. The Labute approximate surface area is 175 Å². The van der Waals surface area contributed by atoms with E-state index >= 15 is 0 Å². The lowest BCUT2D eigenvalue weighted by Gasteiger charge is -2.29. The molecule has 0 aliphatic heterocycles. The zero-order valence-electron chi connectivity index (χ0n) is 15.0. The van der Waals surface area contributed by atoms with Crippen LogP contribution >= 0.6 is 34.2 Å². The van der Waals surface area contributed by atoms with Gasteiger partial charge in [0.05, 0.1) is 3.57 Å². The third kappa shape index (κ3) is 4.93. The van der Waals surface area contributed by atoms with Crippen LogP contribution in [-0.4, -0.2) is 16.7 Å². The van der Waals surface area contributed by atoms with Crippen molar-refractivity contribution in [1.29, 1.82) is 0 Å². The molecule has 0 aliphatic rings. The first-order valence-electron chi connectivity index (χ1n) is 8.44. The van der Waals surface area contributed by atoms with Crippen molar-refractivity contribution in [1.82, 2.24) is 0 Å². The standard InChI is InChI=1S/C18H22ClIO4SSi/c1-4-26(5-2,6-3)24-17-9-7-8-16(18(17)20)23-25(21,22)15-12-10-14(19)11-13-15/h7-13H,4-6H2,1-3H3. The minimum Gasteiger partial charge on any atom is -0.543 e. The Kier molecular flexibility index (Phi) is 7.41. The van der Waals surface area contributed by atoms with Gasteiger partial charge in [0.15, 0.2) is 5.75 Å². The lowest BCUT2D eigenvalue weighted by molar-refractivity contribution is 0.478. The monoisotopic (exact) mass is 524 g/mol. The first-order valence-corrected chi connectivity index (χ1v) is 13.8. The fourth-order valence-electron chi connectivity index (χ4n) is 2.60. The van der Waals surface area contributed by atoms with Crippen molar-refractivity contribution >= 4 is 52.6 Å². The Morgan fingerprint density at radius 3 is 2.04 bits per heavy atom. The zero-order valence-corrected chi connectivity index (χ0v) is 19.7. The quantitative estimate of drug-likeness (QED) is 0.238. The van der Waals surface area contributed by atoms with Crippen LogP contribution in [0.2, 0.25) is 23.2 Å². The lowest BCUT2D eigenvalue weighted by Crippen LogP contribution is -2.39. The van der Waals surface area contributed by atoms with Crippen LogP contribution in [0.4, 0.5) is 0 Å². The minimum absolute atomic E-state index is 0.0587. The molecule has 0 N–H and O–H groups in total. The first kappa shape index (κ1) is 21.5. The summed E-state index contributed by atoms with van der Waals surface area (Å²) < 4.78 is 37.5. The minimum atomic E-state index is -3.94. The smallest absolute Gasteiger partial charge is 0.339 e. The van der Waals surface area contributed by atoms with E-state index in [1.54, 1.807) is 12.1 Å². The maximum atomic E-state index is 12.5. The Hall–Kier alpha value is -0.773. The summed E-state index contributed by atoms with van der Waals surface area (Å²) in [5.41, 5.74) is 0. The predicted molar refractivity (Wildman–Crippen MR) is 116 cm³/mol. The molecule has 26 heavy (non-hydrogen) atoms. The molecule has 0 radical (unpaired) electrons. The van der Waals surface area contributed by atoms with Crippen molar-refractivity contribution in [3.05, 3.63) is 51.1 Å². The van der Waals surface area contributed by atoms with Crippen LogP contribution in [0.1, 0.15) is 20.8 Å². The van der Waals surface area contributed by atoms with Gasteiger partial charge in [-0.1, -0.05) is 38.4 Å². The first-order chi connectivity index (χ1) is 12.3. The van der Waals surface area contributed by atoms with E-state index in [-0.39, 0.29) is 10.6 Å².